The third-order valence-corrected chi connectivity index (χ3v) is 2.98. The van der Waals surface area contributed by atoms with Crippen LogP contribution in [0.25, 0.3) is 0 Å². The molecule has 1 aromatic rings. The molecule has 0 heterocycles. The predicted octanol–water partition coefficient (Wildman–Crippen LogP) is 1.47. The summed E-state index contributed by atoms with van der Waals surface area (Å²) < 4.78 is 0. The SMILES string of the molecule is Cc1ccc(NC(=O)C(=O)N[C@H](C)CCO)cc1Cl. The van der Waals surface area contributed by atoms with E-state index in [-0.39, 0.29) is 12.6 Å². The maximum absolute atomic E-state index is 11.6. The molecule has 2 amide bonds. The largest absolute Gasteiger partial charge is 0.396 e. The number of anilines is 1. The van der Waals surface area contributed by atoms with Crippen molar-refractivity contribution in [1.29, 1.82) is 0 Å². The first kappa shape index (κ1) is 15.5. The van der Waals surface area contributed by atoms with Crippen LogP contribution in [0.3, 0.4) is 0 Å². The normalized spacial score (nSPS) is 11.8. The molecule has 0 aliphatic carbocycles. The molecule has 0 fully saturated rings. The number of nitrogens with one attached hydrogen (secondary N) is 2. The lowest BCUT2D eigenvalue weighted by Crippen LogP contribution is -2.40. The minimum Gasteiger partial charge on any atom is -0.396 e. The maximum atomic E-state index is 11.6. The Bertz CT molecular complexity index is 477. The minimum absolute atomic E-state index is 0.0450. The van der Waals surface area contributed by atoms with E-state index in [0.717, 1.165) is 5.56 Å². The van der Waals surface area contributed by atoms with Crippen LogP contribution in [-0.2, 0) is 9.59 Å². The molecule has 104 valence electrons. The number of aliphatic hydroxyl groups is 1. The summed E-state index contributed by atoms with van der Waals surface area (Å²) in [4.78, 5) is 23.2. The Kier molecular flexibility index (Phi) is 5.79. The van der Waals surface area contributed by atoms with Gasteiger partial charge in [0.15, 0.2) is 0 Å². The summed E-state index contributed by atoms with van der Waals surface area (Å²) in [6.45, 7) is 3.51. The van der Waals surface area contributed by atoms with Crippen molar-refractivity contribution in [3.63, 3.8) is 0 Å². The van der Waals surface area contributed by atoms with Crippen LogP contribution in [0, 0.1) is 6.92 Å². The fraction of sp³-hybridized carbons (Fsp3) is 0.385. The summed E-state index contributed by atoms with van der Waals surface area (Å²) in [7, 11) is 0. The lowest BCUT2D eigenvalue weighted by atomic mass is 10.2. The third-order valence-electron chi connectivity index (χ3n) is 2.58. The van der Waals surface area contributed by atoms with Crippen LogP contribution >= 0.6 is 11.6 Å². The number of carbonyl (C=O) groups is 2. The Labute approximate surface area is 117 Å². The van der Waals surface area contributed by atoms with E-state index in [1.807, 2.05) is 6.92 Å². The van der Waals surface area contributed by atoms with Crippen molar-refractivity contribution in [2.24, 2.45) is 0 Å². The monoisotopic (exact) mass is 284 g/mol. The number of carbonyl (C=O) groups excluding carboxylic acids is 2. The molecular weight excluding hydrogens is 268 g/mol. The molecule has 0 aliphatic rings. The van der Waals surface area contributed by atoms with Gasteiger partial charge < -0.3 is 15.7 Å². The molecule has 5 nitrogen and oxygen atoms in total. The van der Waals surface area contributed by atoms with Crippen molar-refractivity contribution >= 4 is 29.1 Å². The quantitative estimate of drug-likeness (QED) is 0.733. The van der Waals surface area contributed by atoms with Gasteiger partial charge in [-0.25, -0.2) is 0 Å². The zero-order valence-electron chi connectivity index (χ0n) is 10.9. The molecule has 0 saturated heterocycles. The van der Waals surface area contributed by atoms with Gasteiger partial charge in [0.2, 0.25) is 0 Å². The van der Waals surface area contributed by atoms with Gasteiger partial charge in [-0.15, -0.1) is 0 Å². The molecular formula is C13H17ClN2O3. The van der Waals surface area contributed by atoms with Gasteiger partial charge >= 0.3 is 11.8 Å². The summed E-state index contributed by atoms with van der Waals surface area (Å²) in [6.07, 6.45) is 0.398. The van der Waals surface area contributed by atoms with E-state index in [9.17, 15) is 9.59 Å². The third kappa shape index (κ3) is 4.89. The van der Waals surface area contributed by atoms with Crippen LogP contribution < -0.4 is 10.6 Å². The molecule has 19 heavy (non-hydrogen) atoms. The van der Waals surface area contributed by atoms with Gasteiger partial charge in [0, 0.05) is 23.4 Å². The summed E-state index contributed by atoms with van der Waals surface area (Å²) >= 11 is 5.92. The Morgan fingerprint density at radius 2 is 2.05 bits per heavy atom. The summed E-state index contributed by atoms with van der Waals surface area (Å²) in [5.74, 6) is -1.50. The van der Waals surface area contributed by atoms with Crippen molar-refractivity contribution in [1.82, 2.24) is 5.32 Å². The van der Waals surface area contributed by atoms with Crippen molar-refractivity contribution in [3.8, 4) is 0 Å². The number of halogens is 1. The highest BCUT2D eigenvalue weighted by Gasteiger charge is 2.16. The topological polar surface area (TPSA) is 78.4 Å². The summed E-state index contributed by atoms with van der Waals surface area (Å²) in [5.41, 5.74) is 1.35. The Balaban J connectivity index is 2.58. The zero-order valence-corrected chi connectivity index (χ0v) is 11.6. The van der Waals surface area contributed by atoms with E-state index >= 15 is 0 Å². The van der Waals surface area contributed by atoms with Gasteiger partial charge in [0.05, 0.1) is 0 Å². The second-order valence-electron chi connectivity index (χ2n) is 4.30. The molecule has 0 aliphatic heterocycles. The minimum atomic E-state index is -0.760. The highest BCUT2D eigenvalue weighted by atomic mass is 35.5. The van der Waals surface area contributed by atoms with Crippen LogP contribution in [0.2, 0.25) is 5.02 Å². The number of benzene rings is 1. The molecule has 0 unspecified atom stereocenters. The van der Waals surface area contributed by atoms with E-state index < -0.39 is 11.8 Å². The summed E-state index contributed by atoms with van der Waals surface area (Å²) in [6, 6.07) is 4.75. The number of aryl methyl sites for hydroxylation is 1. The van der Waals surface area contributed by atoms with Gasteiger partial charge in [-0.3, -0.25) is 9.59 Å². The predicted molar refractivity (Wildman–Crippen MR) is 74.1 cm³/mol. The number of hydrogen-bond donors (Lipinski definition) is 3. The van der Waals surface area contributed by atoms with E-state index in [2.05, 4.69) is 10.6 Å². The average molecular weight is 285 g/mol. The van der Waals surface area contributed by atoms with Crippen molar-refractivity contribution < 1.29 is 14.7 Å². The fourth-order valence-electron chi connectivity index (χ4n) is 1.41. The molecule has 1 aromatic carbocycles. The Morgan fingerprint density at radius 1 is 1.37 bits per heavy atom. The van der Waals surface area contributed by atoms with E-state index in [4.69, 9.17) is 16.7 Å². The maximum Gasteiger partial charge on any atom is 0.313 e. The molecule has 0 radical (unpaired) electrons. The van der Waals surface area contributed by atoms with Crippen LogP contribution in [0.4, 0.5) is 5.69 Å². The second-order valence-corrected chi connectivity index (χ2v) is 4.71. The first-order valence-electron chi connectivity index (χ1n) is 5.93. The van der Waals surface area contributed by atoms with Gasteiger partial charge in [-0.05, 0) is 38.0 Å². The molecule has 0 saturated carbocycles. The van der Waals surface area contributed by atoms with Gasteiger partial charge in [0.25, 0.3) is 0 Å². The molecule has 0 aromatic heterocycles. The first-order chi connectivity index (χ1) is 8.93. The number of hydrogen-bond acceptors (Lipinski definition) is 3. The lowest BCUT2D eigenvalue weighted by molar-refractivity contribution is -0.136. The highest BCUT2D eigenvalue weighted by molar-refractivity contribution is 6.40. The van der Waals surface area contributed by atoms with Gasteiger partial charge in [0.1, 0.15) is 0 Å². The van der Waals surface area contributed by atoms with Crippen LogP contribution in [0.5, 0.6) is 0 Å². The van der Waals surface area contributed by atoms with Crippen LogP contribution in [-0.4, -0.2) is 29.6 Å². The van der Waals surface area contributed by atoms with E-state index in [1.165, 1.54) is 0 Å². The summed E-state index contributed by atoms with van der Waals surface area (Å²) in [5, 5.41) is 14.2. The second kappa shape index (κ2) is 7.11. The van der Waals surface area contributed by atoms with Gasteiger partial charge in [-0.1, -0.05) is 17.7 Å². The average Bonchev–Trinajstić information content (AvgIpc) is 2.34. The molecule has 3 N–H and O–H groups in total. The van der Waals surface area contributed by atoms with E-state index in [0.29, 0.717) is 17.1 Å². The lowest BCUT2D eigenvalue weighted by Gasteiger charge is -2.12. The fourth-order valence-corrected chi connectivity index (χ4v) is 1.59. The number of rotatable bonds is 4. The van der Waals surface area contributed by atoms with Crippen molar-refractivity contribution in [2.45, 2.75) is 26.3 Å². The van der Waals surface area contributed by atoms with E-state index in [1.54, 1.807) is 25.1 Å². The Morgan fingerprint density at radius 3 is 2.63 bits per heavy atom. The van der Waals surface area contributed by atoms with Crippen molar-refractivity contribution in [3.05, 3.63) is 28.8 Å². The number of aliphatic hydroxyl groups excluding tert-OH is 1. The Hall–Kier alpha value is -1.59. The highest BCUT2D eigenvalue weighted by Crippen LogP contribution is 2.19. The van der Waals surface area contributed by atoms with Gasteiger partial charge in [-0.2, -0.15) is 0 Å². The molecule has 0 spiro atoms. The first-order valence-corrected chi connectivity index (χ1v) is 6.30. The molecule has 1 rings (SSSR count). The molecule has 6 heteroatoms. The van der Waals surface area contributed by atoms with Crippen LogP contribution in [0.15, 0.2) is 18.2 Å². The van der Waals surface area contributed by atoms with Crippen molar-refractivity contribution in [2.75, 3.05) is 11.9 Å². The van der Waals surface area contributed by atoms with Crippen LogP contribution in [0.1, 0.15) is 18.9 Å². The molecule has 0 bridgehead atoms. The number of amides is 2. The zero-order chi connectivity index (χ0) is 14.4. The standard InChI is InChI=1S/C13H17ClN2O3/c1-8-3-4-10(7-11(8)14)16-13(19)12(18)15-9(2)5-6-17/h3-4,7,9,17H,5-6H2,1-2H3,(H,15,18)(H,16,19)/t9-/m1/s1. The molecule has 1 atom stereocenters. The smallest absolute Gasteiger partial charge is 0.313 e.